The lowest BCUT2D eigenvalue weighted by Gasteiger charge is -2.22. The lowest BCUT2D eigenvalue weighted by atomic mass is 10.1. The Morgan fingerprint density at radius 3 is 2.30 bits per heavy atom. The molecule has 0 radical (unpaired) electrons. The molecular formula is C13H15BrF3NO2. The smallest absolute Gasteiger partial charge is 0.395 e. The Hall–Kier alpha value is -0.920. The number of carbonyl (C=O) groups is 1. The van der Waals surface area contributed by atoms with E-state index < -0.39 is 12.7 Å². The molecule has 1 aromatic carbocycles. The van der Waals surface area contributed by atoms with Crippen molar-refractivity contribution in [2.75, 3.05) is 26.2 Å². The molecule has 1 rings (SSSR count). The number of aliphatic hydroxyl groups is 1. The van der Waals surface area contributed by atoms with Gasteiger partial charge in [0.1, 0.15) is 0 Å². The first-order valence-corrected chi connectivity index (χ1v) is 6.80. The molecule has 3 nitrogen and oxygen atoms in total. The van der Waals surface area contributed by atoms with Crippen molar-refractivity contribution >= 4 is 21.7 Å². The van der Waals surface area contributed by atoms with E-state index in [0.717, 1.165) is 9.37 Å². The van der Waals surface area contributed by atoms with Crippen LogP contribution in [0.2, 0.25) is 0 Å². The fourth-order valence-electron chi connectivity index (χ4n) is 1.70. The number of ketones is 1. The zero-order valence-corrected chi connectivity index (χ0v) is 12.2. The summed E-state index contributed by atoms with van der Waals surface area (Å²) in [6, 6.07) is 6.64. The minimum Gasteiger partial charge on any atom is -0.395 e. The molecule has 112 valence electrons. The molecule has 1 N–H and O–H groups in total. The topological polar surface area (TPSA) is 40.5 Å². The first kappa shape index (κ1) is 17.1. The number of hydrogen-bond donors (Lipinski definition) is 1. The van der Waals surface area contributed by atoms with Crippen molar-refractivity contribution in [1.29, 1.82) is 0 Å². The highest BCUT2D eigenvalue weighted by atomic mass is 79.9. The normalized spacial score (nSPS) is 11.9. The van der Waals surface area contributed by atoms with Gasteiger partial charge in [0, 0.05) is 29.5 Å². The predicted octanol–water partition coefficient (Wildman–Crippen LogP) is 2.88. The SMILES string of the molecule is O=C(CCN(CCO)CC(F)(F)F)c1ccc(Br)cc1. The molecule has 0 saturated heterocycles. The number of alkyl halides is 3. The quantitative estimate of drug-likeness (QED) is 0.766. The molecule has 0 aliphatic rings. The summed E-state index contributed by atoms with van der Waals surface area (Å²) < 4.78 is 37.7. The van der Waals surface area contributed by atoms with E-state index in [1.54, 1.807) is 24.3 Å². The number of carbonyl (C=O) groups excluding carboxylic acids is 1. The second-order valence-corrected chi connectivity index (χ2v) is 5.21. The Labute approximate surface area is 123 Å². The summed E-state index contributed by atoms with van der Waals surface area (Å²) in [7, 11) is 0. The standard InChI is InChI=1S/C13H15BrF3NO2/c14-11-3-1-10(2-4-11)12(20)5-6-18(7-8-19)9-13(15,16)17/h1-4,19H,5-9H2. The van der Waals surface area contributed by atoms with Crippen molar-refractivity contribution < 1.29 is 23.1 Å². The van der Waals surface area contributed by atoms with Gasteiger partial charge < -0.3 is 5.11 Å². The largest absolute Gasteiger partial charge is 0.401 e. The van der Waals surface area contributed by atoms with Gasteiger partial charge in [-0.2, -0.15) is 13.2 Å². The van der Waals surface area contributed by atoms with Gasteiger partial charge in [0.25, 0.3) is 0 Å². The molecule has 0 atom stereocenters. The maximum atomic E-state index is 12.3. The van der Waals surface area contributed by atoms with Gasteiger partial charge in [0.15, 0.2) is 5.78 Å². The summed E-state index contributed by atoms with van der Waals surface area (Å²) >= 11 is 3.24. The first-order valence-electron chi connectivity index (χ1n) is 6.00. The molecule has 0 aromatic heterocycles. The Kier molecular flexibility index (Phi) is 6.64. The second kappa shape index (κ2) is 7.75. The third-order valence-corrected chi connectivity index (χ3v) is 3.17. The van der Waals surface area contributed by atoms with Crippen LogP contribution >= 0.6 is 15.9 Å². The van der Waals surface area contributed by atoms with Crippen LogP contribution in [0.25, 0.3) is 0 Å². The molecule has 7 heteroatoms. The molecular weight excluding hydrogens is 339 g/mol. The molecule has 0 aliphatic carbocycles. The Balaban J connectivity index is 2.54. The molecule has 0 fully saturated rings. The number of benzene rings is 1. The summed E-state index contributed by atoms with van der Waals surface area (Å²) in [5.74, 6) is -0.220. The fraction of sp³-hybridized carbons (Fsp3) is 0.462. The highest BCUT2D eigenvalue weighted by Gasteiger charge is 2.30. The Morgan fingerprint density at radius 2 is 1.80 bits per heavy atom. The van der Waals surface area contributed by atoms with Gasteiger partial charge in [-0.05, 0) is 12.1 Å². The number of halogens is 4. The minimum atomic E-state index is -4.34. The second-order valence-electron chi connectivity index (χ2n) is 4.30. The van der Waals surface area contributed by atoms with Gasteiger partial charge in [-0.15, -0.1) is 0 Å². The minimum absolute atomic E-state index is 0.0162. The summed E-state index contributed by atoms with van der Waals surface area (Å²) in [5, 5.41) is 8.75. The van der Waals surface area contributed by atoms with Gasteiger partial charge in [0.05, 0.1) is 13.2 Å². The molecule has 1 aromatic rings. The van der Waals surface area contributed by atoms with E-state index in [9.17, 15) is 18.0 Å². The van der Waals surface area contributed by atoms with Crippen molar-refractivity contribution in [3.63, 3.8) is 0 Å². The van der Waals surface area contributed by atoms with E-state index in [1.807, 2.05) is 0 Å². The van der Waals surface area contributed by atoms with E-state index in [2.05, 4.69) is 15.9 Å². The summed E-state index contributed by atoms with van der Waals surface area (Å²) in [6.45, 7) is -1.63. The molecule has 0 saturated carbocycles. The third-order valence-electron chi connectivity index (χ3n) is 2.64. The highest BCUT2D eigenvalue weighted by Crippen LogP contribution is 2.17. The lowest BCUT2D eigenvalue weighted by Crippen LogP contribution is -2.37. The average Bonchev–Trinajstić information content (AvgIpc) is 2.35. The van der Waals surface area contributed by atoms with Crippen molar-refractivity contribution in [2.45, 2.75) is 12.6 Å². The number of aliphatic hydroxyl groups excluding tert-OH is 1. The monoisotopic (exact) mass is 353 g/mol. The van der Waals surface area contributed by atoms with E-state index in [0.29, 0.717) is 5.56 Å². The zero-order valence-electron chi connectivity index (χ0n) is 10.7. The maximum Gasteiger partial charge on any atom is 0.401 e. The van der Waals surface area contributed by atoms with Gasteiger partial charge in [-0.1, -0.05) is 28.1 Å². The van der Waals surface area contributed by atoms with Gasteiger partial charge >= 0.3 is 6.18 Å². The summed E-state index contributed by atoms with van der Waals surface area (Å²) in [5.41, 5.74) is 0.462. The molecule has 0 bridgehead atoms. The lowest BCUT2D eigenvalue weighted by molar-refractivity contribution is -0.146. The maximum absolute atomic E-state index is 12.3. The average molecular weight is 354 g/mol. The number of nitrogens with zero attached hydrogens (tertiary/aromatic N) is 1. The molecule has 0 amide bonds. The summed E-state index contributed by atoms with van der Waals surface area (Å²) in [4.78, 5) is 12.9. The highest BCUT2D eigenvalue weighted by molar-refractivity contribution is 9.10. The van der Waals surface area contributed by atoms with Crippen LogP contribution in [0.4, 0.5) is 13.2 Å². The third kappa shape index (κ3) is 6.49. The Bertz CT molecular complexity index is 434. The number of Topliss-reactive ketones (excluding diaryl/α,β-unsaturated/α-hetero) is 1. The van der Waals surface area contributed by atoms with Crippen LogP contribution < -0.4 is 0 Å². The zero-order chi connectivity index (χ0) is 15.2. The van der Waals surface area contributed by atoms with Crippen LogP contribution in [0.1, 0.15) is 16.8 Å². The molecule has 20 heavy (non-hydrogen) atoms. The van der Waals surface area contributed by atoms with Crippen LogP contribution in [-0.4, -0.2) is 48.2 Å². The summed E-state index contributed by atoms with van der Waals surface area (Å²) in [6.07, 6.45) is -4.35. The predicted molar refractivity (Wildman–Crippen MR) is 72.7 cm³/mol. The van der Waals surface area contributed by atoms with Crippen LogP contribution in [-0.2, 0) is 0 Å². The van der Waals surface area contributed by atoms with Crippen LogP contribution in [0.5, 0.6) is 0 Å². The van der Waals surface area contributed by atoms with Crippen molar-refractivity contribution in [1.82, 2.24) is 4.90 Å². The van der Waals surface area contributed by atoms with Crippen molar-refractivity contribution in [3.05, 3.63) is 34.3 Å². The van der Waals surface area contributed by atoms with Gasteiger partial charge in [-0.3, -0.25) is 9.69 Å². The van der Waals surface area contributed by atoms with Crippen LogP contribution in [0.15, 0.2) is 28.7 Å². The Morgan fingerprint density at radius 1 is 1.20 bits per heavy atom. The molecule has 0 spiro atoms. The molecule has 0 unspecified atom stereocenters. The van der Waals surface area contributed by atoms with E-state index in [-0.39, 0.29) is 31.9 Å². The molecule has 0 aliphatic heterocycles. The van der Waals surface area contributed by atoms with Gasteiger partial charge in [0.2, 0.25) is 0 Å². The van der Waals surface area contributed by atoms with E-state index in [4.69, 9.17) is 5.11 Å². The first-order chi connectivity index (χ1) is 9.31. The van der Waals surface area contributed by atoms with E-state index >= 15 is 0 Å². The van der Waals surface area contributed by atoms with Crippen molar-refractivity contribution in [3.8, 4) is 0 Å². The molecule has 0 heterocycles. The van der Waals surface area contributed by atoms with Crippen molar-refractivity contribution in [2.24, 2.45) is 0 Å². The fourth-order valence-corrected chi connectivity index (χ4v) is 1.97. The van der Waals surface area contributed by atoms with Gasteiger partial charge in [-0.25, -0.2) is 0 Å². The number of rotatable bonds is 7. The van der Waals surface area contributed by atoms with Crippen LogP contribution in [0, 0.1) is 0 Å². The van der Waals surface area contributed by atoms with Crippen LogP contribution in [0.3, 0.4) is 0 Å². The number of hydrogen-bond acceptors (Lipinski definition) is 3. The van der Waals surface area contributed by atoms with E-state index in [1.165, 1.54) is 0 Å².